The van der Waals surface area contributed by atoms with E-state index in [-0.39, 0.29) is 6.04 Å². The van der Waals surface area contributed by atoms with Crippen molar-refractivity contribution in [3.05, 3.63) is 53.4 Å². The Morgan fingerprint density at radius 2 is 1.88 bits per heavy atom. The molecule has 1 aliphatic heterocycles. The molecule has 0 spiro atoms. The van der Waals surface area contributed by atoms with Gasteiger partial charge in [0, 0.05) is 43.6 Å². The Morgan fingerprint density at radius 1 is 1.17 bits per heavy atom. The van der Waals surface area contributed by atoms with Gasteiger partial charge in [-0.2, -0.15) is 0 Å². The van der Waals surface area contributed by atoms with Gasteiger partial charge in [-0.1, -0.05) is 6.07 Å². The Kier molecular flexibility index (Phi) is 5.32. The standard InChI is InChI=1S/C17H20F2N4O/c1-12(14-2-3-15(18)16(19)8-14)20-9-13-10-21-17(22-11-13)23-4-6-24-7-5-23/h2-3,8,10-12,20H,4-7,9H2,1H3. The number of halogens is 2. The second-order valence-electron chi connectivity index (χ2n) is 5.77. The summed E-state index contributed by atoms with van der Waals surface area (Å²) in [7, 11) is 0. The summed E-state index contributed by atoms with van der Waals surface area (Å²) < 4.78 is 31.6. The van der Waals surface area contributed by atoms with Crippen molar-refractivity contribution in [3.63, 3.8) is 0 Å². The maximum atomic E-state index is 13.3. The highest BCUT2D eigenvalue weighted by Gasteiger charge is 2.13. The van der Waals surface area contributed by atoms with Crippen molar-refractivity contribution in [1.82, 2.24) is 15.3 Å². The van der Waals surface area contributed by atoms with Gasteiger partial charge < -0.3 is 15.0 Å². The van der Waals surface area contributed by atoms with Gasteiger partial charge in [-0.3, -0.25) is 0 Å². The maximum Gasteiger partial charge on any atom is 0.225 e. The minimum atomic E-state index is -0.835. The maximum absolute atomic E-state index is 13.3. The average Bonchev–Trinajstić information content (AvgIpc) is 2.63. The van der Waals surface area contributed by atoms with Crippen LogP contribution in [0.15, 0.2) is 30.6 Å². The average molecular weight is 334 g/mol. The fraction of sp³-hybridized carbons (Fsp3) is 0.412. The summed E-state index contributed by atoms with van der Waals surface area (Å²) in [5.74, 6) is -0.965. The minimum Gasteiger partial charge on any atom is -0.378 e. The van der Waals surface area contributed by atoms with Crippen LogP contribution in [0.3, 0.4) is 0 Å². The third kappa shape index (κ3) is 4.04. The first-order chi connectivity index (χ1) is 11.6. The van der Waals surface area contributed by atoms with Crippen molar-refractivity contribution in [2.24, 2.45) is 0 Å². The van der Waals surface area contributed by atoms with Crippen LogP contribution in [0.5, 0.6) is 0 Å². The molecule has 1 unspecified atom stereocenters. The molecule has 0 amide bonds. The molecule has 3 rings (SSSR count). The number of ether oxygens (including phenoxy) is 1. The van der Waals surface area contributed by atoms with Crippen LogP contribution in [-0.2, 0) is 11.3 Å². The predicted octanol–water partition coefficient (Wildman–Crippen LogP) is 2.44. The lowest BCUT2D eigenvalue weighted by atomic mass is 10.1. The predicted molar refractivity (Wildman–Crippen MR) is 86.7 cm³/mol. The van der Waals surface area contributed by atoms with Gasteiger partial charge in [-0.05, 0) is 24.6 Å². The van der Waals surface area contributed by atoms with E-state index in [1.54, 1.807) is 18.5 Å². The first-order valence-corrected chi connectivity index (χ1v) is 7.95. The lowest BCUT2D eigenvalue weighted by Gasteiger charge is -2.26. The van der Waals surface area contributed by atoms with E-state index in [1.165, 1.54) is 6.07 Å². The number of rotatable bonds is 5. The van der Waals surface area contributed by atoms with Gasteiger partial charge in [0.05, 0.1) is 13.2 Å². The fourth-order valence-electron chi connectivity index (χ4n) is 2.54. The van der Waals surface area contributed by atoms with Gasteiger partial charge in [0.2, 0.25) is 5.95 Å². The number of hydrogen-bond donors (Lipinski definition) is 1. The Hall–Kier alpha value is -2.12. The van der Waals surface area contributed by atoms with E-state index < -0.39 is 11.6 Å². The first kappa shape index (κ1) is 16.7. The summed E-state index contributed by atoms with van der Waals surface area (Å²) >= 11 is 0. The van der Waals surface area contributed by atoms with Crippen molar-refractivity contribution in [3.8, 4) is 0 Å². The topological polar surface area (TPSA) is 50.3 Å². The number of benzene rings is 1. The van der Waals surface area contributed by atoms with Gasteiger partial charge in [0.1, 0.15) is 0 Å². The van der Waals surface area contributed by atoms with Gasteiger partial charge >= 0.3 is 0 Å². The molecule has 2 aromatic rings. The SMILES string of the molecule is CC(NCc1cnc(N2CCOCC2)nc1)c1ccc(F)c(F)c1. The van der Waals surface area contributed by atoms with Crippen LogP contribution >= 0.6 is 0 Å². The van der Waals surface area contributed by atoms with Crippen molar-refractivity contribution in [2.45, 2.75) is 19.5 Å². The number of nitrogens with zero attached hydrogens (tertiary/aromatic N) is 3. The molecular weight excluding hydrogens is 314 g/mol. The molecule has 1 atom stereocenters. The Labute approximate surface area is 139 Å². The Bertz CT molecular complexity index is 675. The molecule has 1 N–H and O–H groups in total. The monoisotopic (exact) mass is 334 g/mol. The Morgan fingerprint density at radius 3 is 2.54 bits per heavy atom. The van der Waals surface area contributed by atoms with E-state index >= 15 is 0 Å². The molecule has 2 heterocycles. The molecule has 1 fully saturated rings. The number of nitrogens with one attached hydrogen (secondary N) is 1. The molecule has 128 valence electrons. The highest BCUT2D eigenvalue weighted by atomic mass is 19.2. The van der Waals surface area contributed by atoms with Crippen LogP contribution in [0, 0.1) is 11.6 Å². The van der Waals surface area contributed by atoms with E-state index in [4.69, 9.17) is 4.74 Å². The number of aromatic nitrogens is 2. The van der Waals surface area contributed by atoms with Gasteiger partial charge in [0.15, 0.2) is 11.6 Å². The quantitative estimate of drug-likeness (QED) is 0.910. The number of hydrogen-bond acceptors (Lipinski definition) is 5. The smallest absolute Gasteiger partial charge is 0.225 e. The molecule has 0 aliphatic carbocycles. The molecular formula is C17H20F2N4O. The van der Waals surface area contributed by atoms with Gasteiger partial charge in [-0.15, -0.1) is 0 Å². The van der Waals surface area contributed by atoms with E-state index in [2.05, 4.69) is 20.2 Å². The zero-order valence-corrected chi connectivity index (χ0v) is 13.5. The van der Waals surface area contributed by atoms with Crippen molar-refractivity contribution in [2.75, 3.05) is 31.2 Å². The van der Waals surface area contributed by atoms with Crippen molar-refractivity contribution < 1.29 is 13.5 Å². The second kappa shape index (κ2) is 7.63. The summed E-state index contributed by atoms with van der Waals surface area (Å²) in [6.45, 7) is 5.42. The number of anilines is 1. The van der Waals surface area contributed by atoms with Crippen LogP contribution in [0.2, 0.25) is 0 Å². The normalized spacial score (nSPS) is 16.2. The van der Waals surface area contributed by atoms with E-state index in [0.29, 0.717) is 31.3 Å². The molecule has 5 nitrogen and oxygen atoms in total. The molecule has 24 heavy (non-hydrogen) atoms. The lowest BCUT2D eigenvalue weighted by Crippen LogP contribution is -2.37. The fourth-order valence-corrected chi connectivity index (χ4v) is 2.54. The van der Waals surface area contributed by atoms with Crippen LogP contribution in [0.25, 0.3) is 0 Å². The third-order valence-electron chi connectivity index (χ3n) is 4.04. The molecule has 0 saturated carbocycles. The highest BCUT2D eigenvalue weighted by Crippen LogP contribution is 2.16. The van der Waals surface area contributed by atoms with E-state index in [9.17, 15) is 8.78 Å². The molecule has 0 radical (unpaired) electrons. The zero-order chi connectivity index (χ0) is 16.9. The molecule has 1 saturated heterocycles. The molecule has 1 aliphatic rings. The number of morpholine rings is 1. The Balaban J connectivity index is 1.56. The van der Waals surface area contributed by atoms with Crippen molar-refractivity contribution in [1.29, 1.82) is 0 Å². The summed E-state index contributed by atoms with van der Waals surface area (Å²) in [6.07, 6.45) is 3.56. The molecule has 1 aromatic carbocycles. The van der Waals surface area contributed by atoms with Crippen molar-refractivity contribution >= 4 is 5.95 Å². The van der Waals surface area contributed by atoms with Crippen LogP contribution in [0.4, 0.5) is 14.7 Å². The third-order valence-corrected chi connectivity index (χ3v) is 4.04. The lowest BCUT2D eigenvalue weighted by molar-refractivity contribution is 0.122. The first-order valence-electron chi connectivity index (χ1n) is 7.95. The highest BCUT2D eigenvalue weighted by molar-refractivity contribution is 5.30. The summed E-state index contributed by atoms with van der Waals surface area (Å²) in [5, 5.41) is 3.26. The molecule has 1 aromatic heterocycles. The van der Waals surface area contributed by atoms with E-state index in [0.717, 1.165) is 24.7 Å². The van der Waals surface area contributed by atoms with Gasteiger partial charge in [-0.25, -0.2) is 18.7 Å². The van der Waals surface area contributed by atoms with E-state index in [1.807, 2.05) is 6.92 Å². The second-order valence-corrected chi connectivity index (χ2v) is 5.77. The summed E-state index contributed by atoms with van der Waals surface area (Å²) in [4.78, 5) is 10.9. The van der Waals surface area contributed by atoms with Crippen LogP contribution in [-0.4, -0.2) is 36.3 Å². The zero-order valence-electron chi connectivity index (χ0n) is 13.5. The summed E-state index contributed by atoms with van der Waals surface area (Å²) in [5.41, 5.74) is 1.63. The molecule has 0 bridgehead atoms. The van der Waals surface area contributed by atoms with Crippen LogP contribution in [0.1, 0.15) is 24.1 Å². The minimum absolute atomic E-state index is 0.112. The largest absolute Gasteiger partial charge is 0.378 e. The van der Waals surface area contributed by atoms with Crippen LogP contribution < -0.4 is 10.2 Å². The summed E-state index contributed by atoms with van der Waals surface area (Å²) in [6, 6.07) is 3.82. The molecule has 7 heteroatoms. The van der Waals surface area contributed by atoms with Gasteiger partial charge in [0.25, 0.3) is 0 Å².